The van der Waals surface area contributed by atoms with Gasteiger partial charge >= 0.3 is 5.97 Å². The van der Waals surface area contributed by atoms with Crippen molar-refractivity contribution in [2.75, 3.05) is 6.61 Å². The van der Waals surface area contributed by atoms with Crippen LogP contribution in [0.25, 0.3) is 17.8 Å². The van der Waals surface area contributed by atoms with E-state index in [0.29, 0.717) is 16.4 Å². The van der Waals surface area contributed by atoms with Gasteiger partial charge in [0.1, 0.15) is 11.3 Å². The third kappa shape index (κ3) is 4.33. The Morgan fingerprint density at radius 2 is 2.03 bits per heavy atom. The fourth-order valence-corrected chi connectivity index (χ4v) is 3.01. The maximum atomic E-state index is 12.2. The molecule has 0 saturated carbocycles. The van der Waals surface area contributed by atoms with Crippen LogP contribution in [0, 0.1) is 17.0 Å². The highest BCUT2D eigenvalue weighted by atomic mass is 35.5. The van der Waals surface area contributed by atoms with E-state index < -0.39 is 10.9 Å². The van der Waals surface area contributed by atoms with Gasteiger partial charge in [-0.3, -0.25) is 10.1 Å². The molecule has 0 aliphatic heterocycles. The Morgan fingerprint density at radius 1 is 1.31 bits per heavy atom. The topological polar surface area (TPSA) is 100 Å². The van der Waals surface area contributed by atoms with E-state index in [0.717, 1.165) is 18.0 Å². The van der Waals surface area contributed by atoms with Gasteiger partial charge in [0.2, 0.25) is 0 Å². The number of pyridine rings is 1. The molecule has 29 heavy (non-hydrogen) atoms. The first-order valence-electron chi connectivity index (χ1n) is 8.72. The number of rotatable bonds is 6. The lowest BCUT2D eigenvalue weighted by molar-refractivity contribution is -0.385. The van der Waals surface area contributed by atoms with E-state index in [9.17, 15) is 14.9 Å². The number of halogens is 1. The van der Waals surface area contributed by atoms with Crippen molar-refractivity contribution < 1.29 is 14.5 Å². The average molecular weight is 413 g/mol. The van der Waals surface area contributed by atoms with Crippen molar-refractivity contribution >= 4 is 35.4 Å². The van der Waals surface area contributed by atoms with Crippen LogP contribution in [0.5, 0.6) is 0 Å². The van der Waals surface area contributed by atoms with Gasteiger partial charge in [-0.2, -0.15) is 5.10 Å². The van der Waals surface area contributed by atoms with Gasteiger partial charge < -0.3 is 4.74 Å². The molecule has 0 aliphatic carbocycles. The maximum absolute atomic E-state index is 12.2. The molecular formula is C20H17ClN4O4. The highest BCUT2D eigenvalue weighted by Crippen LogP contribution is 2.26. The Kier molecular flexibility index (Phi) is 6.04. The number of nitrogens with zero attached hydrogens (tertiary/aromatic N) is 4. The van der Waals surface area contributed by atoms with Gasteiger partial charge in [-0.1, -0.05) is 29.8 Å². The van der Waals surface area contributed by atoms with E-state index in [4.69, 9.17) is 16.3 Å². The summed E-state index contributed by atoms with van der Waals surface area (Å²) in [5, 5.41) is 15.9. The fraction of sp³-hybridized carbons (Fsp3) is 0.150. The van der Waals surface area contributed by atoms with Gasteiger partial charge in [0.25, 0.3) is 5.69 Å². The number of ether oxygens (including phenoxy) is 1. The molecule has 0 N–H and O–H groups in total. The molecule has 3 aromatic rings. The molecule has 0 unspecified atom stereocenters. The minimum Gasteiger partial charge on any atom is -0.462 e. The highest BCUT2D eigenvalue weighted by Gasteiger charge is 2.18. The molecule has 0 fully saturated rings. The van der Waals surface area contributed by atoms with Gasteiger partial charge in [-0.05, 0) is 38.1 Å². The van der Waals surface area contributed by atoms with Crippen LogP contribution in [0.2, 0.25) is 5.15 Å². The second kappa shape index (κ2) is 8.66. The summed E-state index contributed by atoms with van der Waals surface area (Å²) < 4.78 is 6.59. The van der Waals surface area contributed by atoms with Crippen LogP contribution in [-0.4, -0.2) is 32.3 Å². The Bertz CT molecular complexity index is 1090. The second-order valence-electron chi connectivity index (χ2n) is 5.97. The fourth-order valence-electron chi connectivity index (χ4n) is 2.67. The molecule has 0 amide bonds. The summed E-state index contributed by atoms with van der Waals surface area (Å²) in [5.41, 5.74) is 2.07. The largest absolute Gasteiger partial charge is 0.462 e. The monoisotopic (exact) mass is 412 g/mol. The molecule has 0 radical (unpaired) electrons. The lowest BCUT2D eigenvalue weighted by Crippen LogP contribution is -2.08. The van der Waals surface area contributed by atoms with Crippen molar-refractivity contribution in [3.8, 4) is 5.69 Å². The summed E-state index contributed by atoms with van der Waals surface area (Å²) in [6.45, 7) is 3.60. The first kappa shape index (κ1) is 20.2. The van der Waals surface area contributed by atoms with E-state index in [1.165, 1.54) is 0 Å². The number of aromatic nitrogens is 3. The molecule has 0 spiro atoms. The van der Waals surface area contributed by atoms with Gasteiger partial charge in [0.15, 0.2) is 0 Å². The highest BCUT2D eigenvalue weighted by molar-refractivity contribution is 6.31. The van der Waals surface area contributed by atoms with Crippen molar-refractivity contribution in [2.45, 2.75) is 13.8 Å². The summed E-state index contributed by atoms with van der Waals surface area (Å²) >= 11 is 6.50. The minimum atomic E-state index is -0.689. The number of carbonyl (C=O) groups is 1. The van der Waals surface area contributed by atoms with E-state index in [-0.39, 0.29) is 23.6 Å². The van der Waals surface area contributed by atoms with Crippen LogP contribution in [0.4, 0.5) is 5.69 Å². The van der Waals surface area contributed by atoms with Gasteiger partial charge in [-0.25, -0.2) is 14.5 Å². The predicted molar refractivity (Wildman–Crippen MR) is 109 cm³/mol. The van der Waals surface area contributed by atoms with E-state index >= 15 is 0 Å². The number of hydrogen-bond donors (Lipinski definition) is 0. The molecule has 8 nitrogen and oxygen atoms in total. The molecule has 0 bridgehead atoms. The average Bonchev–Trinajstić information content (AvgIpc) is 3.00. The van der Waals surface area contributed by atoms with Crippen molar-refractivity contribution in [2.24, 2.45) is 0 Å². The summed E-state index contributed by atoms with van der Waals surface area (Å²) in [6.07, 6.45) is 4.31. The van der Waals surface area contributed by atoms with E-state index in [2.05, 4.69) is 10.1 Å². The van der Waals surface area contributed by atoms with Crippen molar-refractivity contribution in [3.63, 3.8) is 0 Å². The standard InChI is InChI=1S/C20H17ClN4O4/c1-3-29-20(26)17-11-15(25(27)28)12-22-18(17)10-9-16-13(2)23-24(19(16)21)14-7-5-4-6-8-14/h4-12H,3H2,1-2H3/b10-9+. The first-order valence-corrected chi connectivity index (χ1v) is 9.10. The van der Waals surface area contributed by atoms with E-state index in [1.807, 2.05) is 30.3 Å². The number of benzene rings is 1. The van der Waals surface area contributed by atoms with Crippen LogP contribution >= 0.6 is 11.6 Å². The number of esters is 1. The summed E-state index contributed by atoms with van der Waals surface area (Å²) in [6, 6.07) is 10.6. The Labute approximate surface area is 171 Å². The zero-order chi connectivity index (χ0) is 21.0. The zero-order valence-corrected chi connectivity index (χ0v) is 16.5. The SMILES string of the molecule is CCOC(=O)c1cc([N+](=O)[O-])cnc1/C=C/c1c(C)nn(-c2ccccc2)c1Cl. The van der Waals surface area contributed by atoms with Gasteiger partial charge in [0.05, 0.1) is 34.2 Å². The normalized spacial score (nSPS) is 11.0. The predicted octanol–water partition coefficient (Wildman–Crippen LogP) is 4.48. The number of aryl methyl sites for hydroxylation is 1. The van der Waals surface area contributed by atoms with Gasteiger partial charge in [-0.15, -0.1) is 0 Å². The zero-order valence-electron chi connectivity index (χ0n) is 15.7. The molecule has 2 heterocycles. The molecule has 3 rings (SSSR count). The molecule has 0 aliphatic rings. The molecular weight excluding hydrogens is 396 g/mol. The Hall–Kier alpha value is -3.52. The van der Waals surface area contributed by atoms with Crippen molar-refractivity contribution in [3.05, 3.63) is 80.4 Å². The third-order valence-corrected chi connectivity index (χ3v) is 4.43. The summed E-state index contributed by atoms with van der Waals surface area (Å²) in [7, 11) is 0. The number of nitro groups is 1. The van der Waals surface area contributed by atoms with E-state index in [1.54, 1.807) is 30.7 Å². The lowest BCUT2D eigenvalue weighted by Gasteiger charge is -2.05. The molecule has 148 valence electrons. The van der Waals surface area contributed by atoms with Crippen LogP contribution in [0.15, 0.2) is 42.6 Å². The number of hydrogen-bond acceptors (Lipinski definition) is 6. The van der Waals surface area contributed by atoms with Crippen molar-refractivity contribution in [1.82, 2.24) is 14.8 Å². The number of para-hydroxylation sites is 1. The minimum absolute atomic E-state index is 0.00141. The molecule has 2 aromatic heterocycles. The van der Waals surface area contributed by atoms with Crippen LogP contribution in [-0.2, 0) is 4.74 Å². The Morgan fingerprint density at radius 3 is 2.69 bits per heavy atom. The maximum Gasteiger partial charge on any atom is 0.340 e. The lowest BCUT2D eigenvalue weighted by atomic mass is 10.1. The van der Waals surface area contributed by atoms with Gasteiger partial charge in [0, 0.05) is 11.6 Å². The second-order valence-corrected chi connectivity index (χ2v) is 6.33. The molecule has 0 atom stereocenters. The summed E-state index contributed by atoms with van der Waals surface area (Å²) in [4.78, 5) is 26.7. The third-order valence-electron chi connectivity index (χ3n) is 4.07. The van der Waals surface area contributed by atoms with Crippen LogP contribution in [0.3, 0.4) is 0 Å². The quantitative estimate of drug-likeness (QED) is 0.336. The van der Waals surface area contributed by atoms with Crippen molar-refractivity contribution in [1.29, 1.82) is 0 Å². The number of carbonyl (C=O) groups excluding carboxylic acids is 1. The smallest absolute Gasteiger partial charge is 0.340 e. The molecule has 1 aromatic carbocycles. The van der Waals surface area contributed by atoms with Crippen LogP contribution < -0.4 is 0 Å². The molecule has 0 saturated heterocycles. The van der Waals surface area contributed by atoms with Crippen LogP contribution in [0.1, 0.15) is 34.2 Å². The first-order chi connectivity index (χ1) is 13.9. The molecule has 9 heteroatoms. The Balaban J connectivity index is 2.01. The summed E-state index contributed by atoms with van der Waals surface area (Å²) in [5.74, 6) is -0.689.